The molecule has 0 saturated carbocycles. The SMILES string of the molecule is CC(C)(C)c1ccc(I)cc1.O=[N+]([O-])c1cccc(S(=O)(=O)O)c1. The number of benzene rings is 2. The van der Waals surface area contributed by atoms with Crippen molar-refractivity contribution in [1.29, 1.82) is 0 Å². The van der Waals surface area contributed by atoms with Crippen LogP contribution < -0.4 is 0 Å². The number of non-ortho nitro benzene ring substituents is 1. The first-order valence-electron chi connectivity index (χ1n) is 6.89. The Morgan fingerprint density at radius 2 is 1.62 bits per heavy atom. The van der Waals surface area contributed by atoms with Crippen molar-refractivity contribution in [3.8, 4) is 0 Å². The maximum atomic E-state index is 10.5. The van der Waals surface area contributed by atoms with Crippen LogP contribution in [-0.2, 0) is 15.5 Å². The third-order valence-electron chi connectivity index (χ3n) is 3.04. The summed E-state index contributed by atoms with van der Waals surface area (Å²) in [5.74, 6) is 0. The van der Waals surface area contributed by atoms with Gasteiger partial charge in [-0.15, -0.1) is 0 Å². The van der Waals surface area contributed by atoms with Crippen LogP contribution in [0.2, 0.25) is 0 Å². The lowest BCUT2D eigenvalue weighted by atomic mass is 9.87. The van der Waals surface area contributed by atoms with Crippen LogP contribution in [0, 0.1) is 13.7 Å². The summed E-state index contributed by atoms with van der Waals surface area (Å²) in [6.07, 6.45) is 0. The van der Waals surface area contributed by atoms with Crippen LogP contribution in [-0.4, -0.2) is 17.9 Å². The minimum Gasteiger partial charge on any atom is -0.282 e. The first-order chi connectivity index (χ1) is 10.9. The van der Waals surface area contributed by atoms with Crippen molar-refractivity contribution in [1.82, 2.24) is 0 Å². The van der Waals surface area contributed by atoms with Crippen LogP contribution in [0.3, 0.4) is 0 Å². The first-order valence-corrected chi connectivity index (χ1v) is 9.41. The van der Waals surface area contributed by atoms with Gasteiger partial charge < -0.3 is 0 Å². The molecule has 2 aromatic carbocycles. The lowest BCUT2D eigenvalue weighted by molar-refractivity contribution is -0.385. The molecule has 0 aliphatic heterocycles. The second-order valence-corrected chi connectivity index (χ2v) is 8.65. The summed E-state index contributed by atoms with van der Waals surface area (Å²) in [5.41, 5.74) is 1.30. The maximum absolute atomic E-state index is 10.5. The summed E-state index contributed by atoms with van der Waals surface area (Å²) in [6.45, 7) is 6.69. The van der Waals surface area contributed by atoms with Crippen LogP contribution >= 0.6 is 22.6 Å². The molecule has 0 aliphatic carbocycles. The highest BCUT2D eigenvalue weighted by atomic mass is 127. The Morgan fingerprint density at radius 3 is 2.04 bits per heavy atom. The summed E-state index contributed by atoms with van der Waals surface area (Å²) in [4.78, 5) is 8.98. The van der Waals surface area contributed by atoms with Crippen LogP contribution in [0.5, 0.6) is 0 Å². The molecule has 0 fully saturated rings. The van der Waals surface area contributed by atoms with E-state index >= 15 is 0 Å². The molecule has 0 radical (unpaired) electrons. The Hall–Kier alpha value is -1.52. The Morgan fingerprint density at radius 1 is 1.08 bits per heavy atom. The monoisotopic (exact) mass is 463 g/mol. The Balaban J connectivity index is 0.000000243. The van der Waals surface area contributed by atoms with Gasteiger partial charge in [-0.2, -0.15) is 8.42 Å². The summed E-state index contributed by atoms with van der Waals surface area (Å²) >= 11 is 2.32. The average molecular weight is 463 g/mol. The van der Waals surface area contributed by atoms with Gasteiger partial charge in [-0.3, -0.25) is 14.7 Å². The fourth-order valence-electron chi connectivity index (χ4n) is 1.71. The van der Waals surface area contributed by atoms with Crippen molar-refractivity contribution in [2.24, 2.45) is 0 Å². The smallest absolute Gasteiger partial charge is 0.282 e. The minimum atomic E-state index is -4.36. The quantitative estimate of drug-likeness (QED) is 0.308. The van der Waals surface area contributed by atoms with Crippen LogP contribution in [0.25, 0.3) is 0 Å². The van der Waals surface area contributed by atoms with Gasteiger partial charge in [-0.25, -0.2) is 0 Å². The highest BCUT2D eigenvalue weighted by Crippen LogP contribution is 2.22. The van der Waals surface area contributed by atoms with Gasteiger partial charge in [0.15, 0.2) is 0 Å². The number of rotatable bonds is 2. The summed E-state index contributed by atoms with van der Waals surface area (Å²) in [7, 11) is -4.36. The van der Waals surface area contributed by atoms with Gasteiger partial charge in [-0.1, -0.05) is 39.0 Å². The third kappa shape index (κ3) is 6.54. The summed E-state index contributed by atoms with van der Waals surface area (Å²) in [6, 6.07) is 12.9. The van der Waals surface area contributed by atoms with Crippen molar-refractivity contribution < 1.29 is 17.9 Å². The molecule has 6 nitrogen and oxygen atoms in total. The van der Waals surface area contributed by atoms with E-state index in [1.807, 2.05) is 0 Å². The molecule has 0 bridgehead atoms. The average Bonchev–Trinajstić information content (AvgIpc) is 2.46. The van der Waals surface area contributed by atoms with Crippen molar-refractivity contribution in [2.75, 3.05) is 0 Å². The van der Waals surface area contributed by atoms with E-state index in [4.69, 9.17) is 4.55 Å². The number of halogens is 1. The predicted molar refractivity (Wildman–Crippen MR) is 101 cm³/mol. The van der Waals surface area contributed by atoms with Gasteiger partial charge in [0, 0.05) is 15.7 Å². The number of nitro groups is 1. The molecule has 2 rings (SSSR count). The number of nitrogens with zero attached hydrogens (tertiary/aromatic N) is 1. The van der Waals surface area contributed by atoms with Crippen LogP contribution in [0.1, 0.15) is 26.3 Å². The Bertz CT molecular complexity index is 811. The van der Waals surface area contributed by atoms with E-state index in [0.717, 1.165) is 18.2 Å². The molecule has 0 aliphatic rings. The van der Waals surface area contributed by atoms with E-state index in [0.29, 0.717) is 0 Å². The van der Waals surface area contributed by atoms with E-state index in [1.54, 1.807) is 0 Å². The van der Waals surface area contributed by atoms with E-state index in [2.05, 4.69) is 67.6 Å². The summed E-state index contributed by atoms with van der Waals surface area (Å²) < 4.78 is 30.9. The van der Waals surface area contributed by atoms with Gasteiger partial charge in [0.1, 0.15) is 4.90 Å². The van der Waals surface area contributed by atoms with Crippen molar-refractivity contribution in [3.63, 3.8) is 0 Å². The molecule has 24 heavy (non-hydrogen) atoms. The fraction of sp³-hybridized carbons (Fsp3) is 0.250. The molecular formula is C16H18INO5S. The van der Waals surface area contributed by atoms with E-state index < -0.39 is 19.9 Å². The van der Waals surface area contributed by atoms with Gasteiger partial charge in [0.05, 0.1) is 4.92 Å². The molecule has 2 aromatic rings. The molecule has 0 heterocycles. The molecule has 0 amide bonds. The molecule has 0 aromatic heterocycles. The predicted octanol–water partition coefficient (Wildman–Crippen LogP) is 4.43. The molecule has 0 spiro atoms. The molecule has 1 N–H and O–H groups in total. The van der Waals surface area contributed by atoms with Crippen molar-refractivity contribution >= 4 is 38.4 Å². The minimum absolute atomic E-state index is 0.282. The van der Waals surface area contributed by atoms with E-state index in [-0.39, 0.29) is 11.1 Å². The normalized spacial score (nSPS) is 11.4. The van der Waals surface area contributed by atoms with Gasteiger partial charge >= 0.3 is 0 Å². The summed E-state index contributed by atoms with van der Waals surface area (Å²) in [5, 5.41) is 10.2. The molecule has 0 atom stereocenters. The highest BCUT2D eigenvalue weighted by molar-refractivity contribution is 14.1. The Labute approximate surface area is 154 Å². The second kappa shape index (κ2) is 8.04. The number of nitro benzene ring substituents is 1. The molecule has 0 unspecified atom stereocenters. The lowest BCUT2D eigenvalue weighted by Gasteiger charge is -2.18. The van der Waals surface area contributed by atoms with E-state index in [1.165, 1.54) is 15.2 Å². The number of hydrogen-bond donors (Lipinski definition) is 1. The fourth-order valence-corrected chi connectivity index (χ4v) is 2.59. The highest BCUT2D eigenvalue weighted by Gasteiger charge is 2.14. The largest absolute Gasteiger partial charge is 0.294 e. The molecule has 130 valence electrons. The molecular weight excluding hydrogens is 445 g/mol. The standard InChI is InChI=1S/C10H13I.C6H5NO5S/c1-10(2,3)8-4-6-9(11)7-5-8;8-7(9)5-2-1-3-6(4-5)13(10,11)12/h4-7H,1-3H3;1-4H,(H,10,11,12). The number of hydrogen-bond acceptors (Lipinski definition) is 4. The van der Waals surface area contributed by atoms with Crippen molar-refractivity contribution in [2.45, 2.75) is 31.1 Å². The van der Waals surface area contributed by atoms with Gasteiger partial charge in [0.2, 0.25) is 0 Å². The topological polar surface area (TPSA) is 97.5 Å². The van der Waals surface area contributed by atoms with Crippen LogP contribution in [0.15, 0.2) is 53.4 Å². The van der Waals surface area contributed by atoms with E-state index in [9.17, 15) is 18.5 Å². The zero-order valence-electron chi connectivity index (χ0n) is 13.4. The molecule has 0 saturated heterocycles. The zero-order valence-corrected chi connectivity index (χ0v) is 16.4. The molecule has 8 heteroatoms. The van der Waals surface area contributed by atoms with Crippen molar-refractivity contribution in [3.05, 3.63) is 67.8 Å². The second-order valence-electron chi connectivity index (χ2n) is 5.99. The third-order valence-corrected chi connectivity index (χ3v) is 4.61. The zero-order chi connectivity index (χ0) is 18.5. The first kappa shape index (κ1) is 20.5. The van der Waals surface area contributed by atoms with Gasteiger partial charge in [0.25, 0.3) is 15.8 Å². The van der Waals surface area contributed by atoms with Gasteiger partial charge in [-0.05, 0) is 51.8 Å². The Kier molecular flexibility index (Phi) is 6.87. The lowest BCUT2D eigenvalue weighted by Crippen LogP contribution is -2.10. The van der Waals surface area contributed by atoms with Crippen LogP contribution in [0.4, 0.5) is 5.69 Å². The maximum Gasteiger partial charge on any atom is 0.294 e.